The second-order valence-electron chi connectivity index (χ2n) is 7.91. The number of nitrogens with one attached hydrogen (secondary N) is 1. The Labute approximate surface area is 191 Å². The van der Waals surface area contributed by atoms with E-state index < -0.39 is 21.5 Å². The maximum absolute atomic E-state index is 13.4. The fraction of sp³-hybridized carbons (Fsp3) is 0.217. The smallest absolute Gasteiger partial charge is 0.329 e. The van der Waals surface area contributed by atoms with Crippen molar-refractivity contribution in [3.63, 3.8) is 0 Å². The predicted octanol–water partition coefficient (Wildman–Crippen LogP) is 3.70. The zero-order valence-corrected chi connectivity index (χ0v) is 19.2. The third-order valence-electron chi connectivity index (χ3n) is 5.59. The van der Waals surface area contributed by atoms with Crippen molar-refractivity contribution in [3.05, 3.63) is 66.6 Å². The quantitative estimate of drug-likeness (QED) is 0.423. The molecule has 2 N–H and O–H groups in total. The van der Waals surface area contributed by atoms with Gasteiger partial charge in [-0.15, -0.1) is 0 Å². The largest absolute Gasteiger partial charge is 0.480 e. The van der Waals surface area contributed by atoms with E-state index in [-0.39, 0.29) is 16.4 Å². The first-order valence-corrected chi connectivity index (χ1v) is 11.7. The Balaban J connectivity index is 1.84. The fourth-order valence-electron chi connectivity index (χ4n) is 3.35. The lowest BCUT2D eigenvalue weighted by Crippen LogP contribution is -2.42. The van der Waals surface area contributed by atoms with Crippen LogP contribution in [0.4, 0.5) is 5.82 Å². The van der Waals surface area contributed by atoms with E-state index in [4.69, 9.17) is 0 Å². The van der Waals surface area contributed by atoms with Gasteiger partial charge >= 0.3 is 5.97 Å². The van der Waals surface area contributed by atoms with Crippen molar-refractivity contribution < 1.29 is 18.3 Å². The molecular formula is C23H23N5O4S. The first-order valence-electron chi connectivity index (χ1n) is 10.3. The normalized spacial score (nSPS) is 13.5. The van der Waals surface area contributed by atoms with Gasteiger partial charge in [-0.05, 0) is 50.6 Å². The summed E-state index contributed by atoms with van der Waals surface area (Å²) in [6, 6.07) is 11.6. The van der Waals surface area contributed by atoms with Crippen molar-refractivity contribution in [1.29, 1.82) is 0 Å². The summed E-state index contributed by atoms with van der Waals surface area (Å²) in [4.78, 5) is 24.9. The second kappa shape index (κ2) is 8.28. The van der Waals surface area contributed by atoms with Crippen molar-refractivity contribution >= 4 is 32.8 Å². The molecule has 9 nitrogen and oxygen atoms in total. The van der Waals surface area contributed by atoms with Crippen LogP contribution in [0, 0.1) is 6.92 Å². The van der Waals surface area contributed by atoms with Crippen LogP contribution in [0.2, 0.25) is 0 Å². The number of hydrogen-bond donors (Lipinski definition) is 2. The molecule has 10 heteroatoms. The minimum absolute atomic E-state index is 0.138. The van der Waals surface area contributed by atoms with Gasteiger partial charge in [0.05, 0.1) is 4.90 Å². The van der Waals surface area contributed by atoms with Crippen molar-refractivity contribution in [2.24, 2.45) is 0 Å². The Hall–Kier alpha value is -3.79. The summed E-state index contributed by atoms with van der Waals surface area (Å²) >= 11 is 0. The highest BCUT2D eigenvalue weighted by molar-refractivity contribution is 7.90. The van der Waals surface area contributed by atoms with Crippen LogP contribution in [0.1, 0.15) is 25.8 Å². The number of aliphatic carboxylic acids is 1. The molecule has 0 saturated heterocycles. The Morgan fingerprint density at radius 2 is 1.85 bits per heavy atom. The monoisotopic (exact) mass is 465 g/mol. The van der Waals surface area contributed by atoms with Gasteiger partial charge in [-0.1, -0.05) is 24.6 Å². The highest BCUT2D eigenvalue weighted by atomic mass is 32.2. The van der Waals surface area contributed by atoms with Crippen molar-refractivity contribution in [2.45, 2.75) is 37.6 Å². The van der Waals surface area contributed by atoms with E-state index in [0.717, 1.165) is 9.54 Å². The number of benzene rings is 1. The summed E-state index contributed by atoms with van der Waals surface area (Å²) < 4.78 is 27.9. The van der Waals surface area contributed by atoms with E-state index in [1.807, 2.05) is 6.92 Å². The first-order chi connectivity index (χ1) is 15.7. The van der Waals surface area contributed by atoms with E-state index in [2.05, 4.69) is 20.3 Å². The second-order valence-corrected chi connectivity index (χ2v) is 9.73. The third kappa shape index (κ3) is 4.05. The molecule has 0 aliphatic rings. The zero-order chi connectivity index (χ0) is 23.8. The van der Waals surface area contributed by atoms with E-state index in [1.165, 1.54) is 18.6 Å². The van der Waals surface area contributed by atoms with Gasteiger partial charge in [0.1, 0.15) is 11.4 Å². The predicted molar refractivity (Wildman–Crippen MR) is 124 cm³/mol. The van der Waals surface area contributed by atoms with E-state index in [1.54, 1.807) is 56.3 Å². The van der Waals surface area contributed by atoms with Gasteiger partial charge in [0.2, 0.25) is 0 Å². The summed E-state index contributed by atoms with van der Waals surface area (Å²) in [5.41, 5.74) is 0.448. The fourth-order valence-corrected chi connectivity index (χ4v) is 4.67. The Bertz CT molecular complexity index is 1450. The number of pyridine rings is 1. The molecule has 0 bridgehead atoms. The molecule has 1 atom stereocenters. The molecule has 0 radical (unpaired) electrons. The number of rotatable bonds is 7. The maximum Gasteiger partial charge on any atom is 0.329 e. The lowest BCUT2D eigenvalue weighted by atomic mass is 9.99. The minimum atomic E-state index is -3.92. The number of aryl methyl sites for hydroxylation is 1. The average Bonchev–Trinajstić information content (AvgIpc) is 3.20. The number of carboxylic acid groups (broad SMARTS) is 1. The topological polar surface area (TPSA) is 127 Å². The summed E-state index contributed by atoms with van der Waals surface area (Å²) in [6.07, 6.45) is 4.80. The number of carbonyl (C=O) groups is 1. The molecular weight excluding hydrogens is 442 g/mol. The molecule has 0 amide bonds. The summed E-state index contributed by atoms with van der Waals surface area (Å²) in [5.74, 6) is -0.437. The third-order valence-corrected chi connectivity index (χ3v) is 7.25. The van der Waals surface area contributed by atoms with Gasteiger partial charge < -0.3 is 10.4 Å². The molecule has 0 saturated carbocycles. The van der Waals surface area contributed by atoms with Crippen LogP contribution in [-0.2, 0) is 14.8 Å². The molecule has 1 aromatic carbocycles. The van der Waals surface area contributed by atoms with Gasteiger partial charge in [0, 0.05) is 29.5 Å². The number of hydrogen-bond acceptors (Lipinski definition) is 7. The number of fused-ring (bicyclic) bond motifs is 1. The first kappa shape index (κ1) is 22.4. The van der Waals surface area contributed by atoms with Crippen molar-refractivity contribution in [3.8, 4) is 11.4 Å². The van der Waals surface area contributed by atoms with Crippen LogP contribution in [0.5, 0.6) is 0 Å². The summed E-state index contributed by atoms with van der Waals surface area (Å²) in [5, 5.41) is 13.1. The van der Waals surface area contributed by atoms with Gasteiger partial charge in [-0.3, -0.25) is 0 Å². The summed E-state index contributed by atoms with van der Waals surface area (Å²) in [7, 11) is -3.92. The van der Waals surface area contributed by atoms with Gasteiger partial charge in [-0.25, -0.2) is 32.1 Å². The standard InChI is InChI=1S/C23H23N5O4S/c1-4-23(3,22(29)30)27-19-11-13-24-20(26-19)18-14-28(21-17(18)6-5-12-25-21)33(31,32)16-9-7-15(2)8-10-16/h5-14H,4H2,1-3H3,(H,29,30)(H,24,26,27)/t23-/m1/s1. The van der Waals surface area contributed by atoms with Crippen LogP contribution >= 0.6 is 0 Å². The molecule has 33 heavy (non-hydrogen) atoms. The van der Waals surface area contributed by atoms with Gasteiger partial charge in [0.25, 0.3) is 10.0 Å². The Kier molecular flexibility index (Phi) is 5.62. The van der Waals surface area contributed by atoms with Crippen LogP contribution in [-0.4, -0.2) is 44.0 Å². The zero-order valence-electron chi connectivity index (χ0n) is 18.3. The Morgan fingerprint density at radius 1 is 1.12 bits per heavy atom. The lowest BCUT2D eigenvalue weighted by molar-refractivity contribution is -0.141. The molecule has 4 aromatic rings. The lowest BCUT2D eigenvalue weighted by Gasteiger charge is -2.25. The number of carboxylic acids is 1. The molecule has 0 unspecified atom stereocenters. The van der Waals surface area contributed by atoms with E-state index in [9.17, 15) is 18.3 Å². The number of nitrogens with zero attached hydrogens (tertiary/aromatic N) is 4. The van der Waals surface area contributed by atoms with Crippen molar-refractivity contribution in [1.82, 2.24) is 18.9 Å². The molecule has 170 valence electrons. The molecule has 0 aliphatic heterocycles. The number of aromatic nitrogens is 4. The van der Waals surface area contributed by atoms with Crippen LogP contribution in [0.15, 0.2) is 66.0 Å². The maximum atomic E-state index is 13.4. The average molecular weight is 466 g/mol. The minimum Gasteiger partial charge on any atom is -0.480 e. The van der Waals surface area contributed by atoms with Crippen LogP contribution in [0.3, 0.4) is 0 Å². The number of anilines is 1. The highest BCUT2D eigenvalue weighted by Crippen LogP contribution is 2.31. The van der Waals surface area contributed by atoms with Crippen molar-refractivity contribution in [2.75, 3.05) is 5.32 Å². The molecule has 0 fully saturated rings. The molecule has 0 spiro atoms. The van der Waals surface area contributed by atoms with Gasteiger partial charge in [-0.2, -0.15) is 0 Å². The van der Waals surface area contributed by atoms with E-state index >= 15 is 0 Å². The molecule has 0 aliphatic carbocycles. The van der Waals surface area contributed by atoms with Crippen LogP contribution < -0.4 is 5.32 Å². The highest BCUT2D eigenvalue weighted by Gasteiger charge is 2.31. The molecule has 3 heterocycles. The SMILES string of the molecule is CC[C@@](C)(Nc1ccnc(-c2cn(S(=O)(=O)c3ccc(C)cc3)c3ncccc23)n1)C(=O)O. The summed E-state index contributed by atoms with van der Waals surface area (Å²) in [6.45, 7) is 5.22. The molecule has 3 aromatic heterocycles. The van der Waals surface area contributed by atoms with E-state index in [0.29, 0.717) is 23.2 Å². The Morgan fingerprint density at radius 3 is 2.52 bits per heavy atom. The molecule has 4 rings (SSSR count). The van der Waals surface area contributed by atoms with Gasteiger partial charge in [0.15, 0.2) is 11.5 Å². The van der Waals surface area contributed by atoms with Crippen LogP contribution in [0.25, 0.3) is 22.4 Å².